The summed E-state index contributed by atoms with van der Waals surface area (Å²) in [7, 11) is 1.41. The lowest BCUT2D eigenvalue weighted by Crippen LogP contribution is -2.07. The number of methoxy groups -OCH3 is 1. The van der Waals surface area contributed by atoms with Crippen LogP contribution < -0.4 is 0 Å². The molecule has 2 nitrogen and oxygen atoms in total. The summed E-state index contributed by atoms with van der Waals surface area (Å²) in [5.41, 5.74) is -0.378. The van der Waals surface area contributed by atoms with E-state index < -0.39 is 11.7 Å². The van der Waals surface area contributed by atoms with E-state index in [1.165, 1.54) is 13.2 Å². The second-order valence-electron chi connectivity index (χ2n) is 2.96. The van der Waals surface area contributed by atoms with E-state index in [0.29, 0.717) is 11.8 Å². The van der Waals surface area contributed by atoms with Crippen molar-refractivity contribution in [1.29, 1.82) is 0 Å². The maximum Gasteiger partial charge on any atom is 0.416 e. The zero-order valence-electron chi connectivity index (χ0n) is 7.97. The molecular weight excluding hydrogens is 209 g/mol. The summed E-state index contributed by atoms with van der Waals surface area (Å²) in [4.78, 5) is 10.6. The van der Waals surface area contributed by atoms with Crippen molar-refractivity contribution in [2.75, 3.05) is 7.11 Å². The summed E-state index contributed by atoms with van der Waals surface area (Å²) in [6.45, 7) is 0.117. The molecule has 0 fully saturated rings. The number of alkyl halides is 3. The van der Waals surface area contributed by atoms with E-state index in [2.05, 4.69) is 0 Å². The average molecular weight is 218 g/mol. The fraction of sp³-hybridized carbons (Fsp3) is 0.300. The van der Waals surface area contributed by atoms with E-state index in [1.807, 2.05) is 0 Å². The van der Waals surface area contributed by atoms with Crippen LogP contribution in [0.5, 0.6) is 0 Å². The Morgan fingerprint density at radius 3 is 2.53 bits per heavy atom. The average Bonchev–Trinajstić information content (AvgIpc) is 2.17. The first kappa shape index (κ1) is 11.7. The molecule has 0 bridgehead atoms. The van der Waals surface area contributed by atoms with Gasteiger partial charge in [-0.05, 0) is 17.7 Å². The third kappa shape index (κ3) is 2.79. The molecule has 15 heavy (non-hydrogen) atoms. The van der Waals surface area contributed by atoms with Crippen LogP contribution in [0.3, 0.4) is 0 Å². The van der Waals surface area contributed by atoms with Crippen LogP contribution in [0.25, 0.3) is 0 Å². The molecule has 1 aromatic carbocycles. The minimum Gasteiger partial charge on any atom is -0.380 e. The van der Waals surface area contributed by atoms with Crippen LogP contribution in [0.1, 0.15) is 21.5 Å². The number of carbonyl (C=O) groups excluding carboxylic acids is 1. The van der Waals surface area contributed by atoms with Crippen molar-refractivity contribution in [2.24, 2.45) is 0 Å². The molecule has 5 heteroatoms. The molecule has 0 aromatic heterocycles. The van der Waals surface area contributed by atoms with Crippen molar-refractivity contribution in [1.82, 2.24) is 0 Å². The highest BCUT2D eigenvalue weighted by Gasteiger charge is 2.30. The first-order chi connectivity index (χ1) is 6.99. The van der Waals surface area contributed by atoms with E-state index in [-0.39, 0.29) is 12.2 Å². The molecular formula is C10H9F3O2. The number of rotatable bonds is 3. The zero-order chi connectivity index (χ0) is 11.5. The molecule has 0 unspecified atom stereocenters. The predicted molar refractivity (Wildman–Crippen MR) is 47.5 cm³/mol. The van der Waals surface area contributed by atoms with Gasteiger partial charge in [0.25, 0.3) is 0 Å². The van der Waals surface area contributed by atoms with E-state index in [0.717, 1.165) is 12.1 Å². The van der Waals surface area contributed by atoms with E-state index in [4.69, 9.17) is 4.74 Å². The molecule has 0 radical (unpaired) electrons. The van der Waals surface area contributed by atoms with Gasteiger partial charge in [0.1, 0.15) is 6.29 Å². The standard InChI is InChI=1S/C10H9F3O2/c1-15-6-7-2-3-9(10(11,12)13)4-8(7)5-14/h2-5H,6H2,1H3. The SMILES string of the molecule is COCc1ccc(C(F)(F)F)cc1C=O. The maximum atomic E-state index is 12.3. The lowest BCUT2D eigenvalue weighted by atomic mass is 10.1. The molecule has 0 aliphatic carbocycles. The van der Waals surface area contributed by atoms with Crippen molar-refractivity contribution in [3.8, 4) is 0 Å². The Labute approximate surface area is 84.7 Å². The predicted octanol–water partition coefficient (Wildman–Crippen LogP) is 2.66. The summed E-state index contributed by atoms with van der Waals surface area (Å²) in [5.74, 6) is 0. The van der Waals surface area contributed by atoms with Crippen molar-refractivity contribution >= 4 is 6.29 Å². The molecule has 0 spiro atoms. The Balaban J connectivity index is 3.13. The third-order valence-electron chi connectivity index (χ3n) is 1.90. The van der Waals surface area contributed by atoms with Gasteiger partial charge in [-0.3, -0.25) is 4.79 Å². The van der Waals surface area contributed by atoms with Gasteiger partial charge in [0.15, 0.2) is 0 Å². The van der Waals surface area contributed by atoms with Gasteiger partial charge in [0.2, 0.25) is 0 Å². The van der Waals surface area contributed by atoms with Crippen LogP contribution in [0.15, 0.2) is 18.2 Å². The summed E-state index contributed by atoms with van der Waals surface area (Å²) < 4.78 is 41.6. The second kappa shape index (κ2) is 4.44. The highest BCUT2D eigenvalue weighted by Crippen LogP contribution is 2.30. The summed E-state index contributed by atoms with van der Waals surface area (Å²) in [5, 5.41) is 0. The smallest absolute Gasteiger partial charge is 0.380 e. The van der Waals surface area contributed by atoms with E-state index in [1.54, 1.807) is 0 Å². The first-order valence-electron chi connectivity index (χ1n) is 4.13. The van der Waals surface area contributed by atoms with Gasteiger partial charge in [0, 0.05) is 12.7 Å². The molecule has 0 atom stereocenters. The minimum atomic E-state index is -4.43. The van der Waals surface area contributed by atoms with Crippen molar-refractivity contribution in [2.45, 2.75) is 12.8 Å². The van der Waals surface area contributed by atoms with Crippen LogP contribution in [-0.2, 0) is 17.5 Å². The van der Waals surface area contributed by atoms with Gasteiger partial charge < -0.3 is 4.74 Å². The fourth-order valence-electron chi connectivity index (χ4n) is 1.17. The fourth-order valence-corrected chi connectivity index (χ4v) is 1.17. The van der Waals surface area contributed by atoms with Crippen LogP contribution in [0, 0.1) is 0 Å². The lowest BCUT2D eigenvalue weighted by Gasteiger charge is -2.09. The van der Waals surface area contributed by atoms with Gasteiger partial charge in [0.05, 0.1) is 12.2 Å². The minimum absolute atomic E-state index is 0.00618. The highest BCUT2D eigenvalue weighted by atomic mass is 19.4. The Morgan fingerprint density at radius 1 is 1.40 bits per heavy atom. The third-order valence-corrected chi connectivity index (χ3v) is 1.90. The summed E-state index contributed by atoms with van der Waals surface area (Å²) >= 11 is 0. The maximum absolute atomic E-state index is 12.3. The number of aldehydes is 1. The molecule has 0 aliphatic rings. The van der Waals surface area contributed by atoms with Gasteiger partial charge in [-0.25, -0.2) is 0 Å². The van der Waals surface area contributed by atoms with E-state index in [9.17, 15) is 18.0 Å². The number of benzene rings is 1. The lowest BCUT2D eigenvalue weighted by molar-refractivity contribution is -0.137. The van der Waals surface area contributed by atoms with Gasteiger partial charge in [-0.2, -0.15) is 13.2 Å². The monoisotopic (exact) mass is 218 g/mol. The second-order valence-corrected chi connectivity index (χ2v) is 2.96. The highest BCUT2D eigenvalue weighted by molar-refractivity contribution is 5.77. The summed E-state index contributed by atoms with van der Waals surface area (Å²) in [6, 6.07) is 3.00. The number of ether oxygens (including phenoxy) is 1. The van der Waals surface area contributed by atoms with Crippen LogP contribution in [-0.4, -0.2) is 13.4 Å². The van der Waals surface area contributed by atoms with Crippen molar-refractivity contribution < 1.29 is 22.7 Å². The molecule has 1 rings (SSSR count). The molecule has 82 valence electrons. The Kier molecular flexibility index (Phi) is 3.47. The van der Waals surface area contributed by atoms with Gasteiger partial charge >= 0.3 is 6.18 Å². The molecule has 0 amide bonds. The normalized spacial score (nSPS) is 11.5. The van der Waals surface area contributed by atoms with Crippen molar-refractivity contribution in [3.05, 3.63) is 34.9 Å². The first-order valence-corrected chi connectivity index (χ1v) is 4.13. The number of halogens is 3. The van der Waals surface area contributed by atoms with Crippen LogP contribution in [0.2, 0.25) is 0 Å². The van der Waals surface area contributed by atoms with E-state index >= 15 is 0 Å². The number of carbonyl (C=O) groups is 1. The molecule has 0 saturated heterocycles. The Bertz CT molecular complexity index is 358. The molecule has 1 aromatic rings. The largest absolute Gasteiger partial charge is 0.416 e. The molecule has 0 heterocycles. The zero-order valence-corrected chi connectivity index (χ0v) is 7.97. The topological polar surface area (TPSA) is 26.3 Å². The Hall–Kier alpha value is -1.36. The Morgan fingerprint density at radius 2 is 2.07 bits per heavy atom. The van der Waals surface area contributed by atoms with Gasteiger partial charge in [-0.15, -0.1) is 0 Å². The van der Waals surface area contributed by atoms with Crippen molar-refractivity contribution in [3.63, 3.8) is 0 Å². The molecule has 0 N–H and O–H groups in total. The number of hydrogen-bond acceptors (Lipinski definition) is 2. The summed E-state index contributed by atoms with van der Waals surface area (Å²) in [6.07, 6.45) is -4.03. The number of hydrogen-bond donors (Lipinski definition) is 0. The van der Waals surface area contributed by atoms with Crippen LogP contribution >= 0.6 is 0 Å². The van der Waals surface area contributed by atoms with Crippen LogP contribution in [0.4, 0.5) is 13.2 Å². The molecule has 0 saturated carbocycles. The van der Waals surface area contributed by atoms with Gasteiger partial charge in [-0.1, -0.05) is 6.07 Å². The molecule has 0 aliphatic heterocycles. The quantitative estimate of drug-likeness (QED) is 0.729.